The normalized spacial score (nSPS) is 10.7. The van der Waals surface area contributed by atoms with Crippen molar-refractivity contribution in [1.29, 1.82) is 0 Å². The lowest BCUT2D eigenvalue weighted by Gasteiger charge is -2.19. The molecule has 0 saturated carbocycles. The zero-order valence-electron chi connectivity index (χ0n) is 15.8. The van der Waals surface area contributed by atoms with Gasteiger partial charge in [-0.1, -0.05) is 11.6 Å². The fourth-order valence-electron chi connectivity index (χ4n) is 1.82. The van der Waals surface area contributed by atoms with Gasteiger partial charge in [0.05, 0.1) is 0 Å². The minimum atomic E-state index is -0.582. The van der Waals surface area contributed by atoms with E-state index in [4.69, 9.17) is 21.1 Å². The molecule has 9 heteroatoms. The largest absolute Gasteiger partial charge is 0.484 e. The molecule has 27 heavy (non-hydrogen) atoms. The number of halogens is 1. The predicted molar refractivity (Wildman–Crippen MR) is 102 cm³/mol. The average Bonchev–Trinajstić information content (AvgIpc) is 2.56. The first-order valence-corrected chi connectivity index (χ1v) is 8.92. The molecule has 0 heterocycles. The van der Waals surface area contributed by atoms with E-state index >= 15 is 0 Å². The second kappa shape index (κ2) is 11.3. The number of rotatable bonds is 9. The van der Waals surface area contributed by atoms with E-state index in [0.717, 1.165) is 0 Å². The third kappa shape index (κ3) is 11.7. The van der Waals surface area contributed by atoms with E-state index in [1.165, 1.54) is 0 Å². The van der Waals surface area contributed by atoms with Gasteiger partial charge < -0.3 is 25.4 Å². The van der Waals surface area contributed by atoms with Crippen LogP contribution in [0, 0.1) is 0 Å². The summed E-state index contributed by atoms with van der Waals surface area (Å²) in [6.45, 7) is 5.86. The van der Waals surface area contributed by atoms with E-state index in [1.807, 2.05) is 0 Å². The van der Waals surface area contributed by atoms with Crippen LogP contribution >= 0.6 is 11.6 Å². The SMILES string of the molecule is CC(C)(C)OC(=O)NCCC(=O)NCCNC(=O)COc1ccc(Cl)cc1. The van der Waals surface area contributed by atoms with Crippen LogP contribution in [0.25, 0.3) is 0 Å². The number of nitrogens with one attached hydrogen (secondary N) is 3. The average molecular weight is 400 g/mol. The van der Waals surface area contributed by atoms with Gasteiger partial charge in [-0.05, 0) is 45.0 Å². The van der Waals surface area contributed by atoms with Crippen molar-refractivity contribution in [2.45, 2.75) is 32.8 Å². The van der Waals surface area contributed by atoms with E-state index < -0.39 is 11.7 Å². The minimum Gasteiger partial charge on any atom is -0.484 e. The van der Waals surface area contributed by atoms with E-state index in [-0.39, 0.29) is 44.5 Å². The fraction of sp³-hybridized carbons (Fsp3) is 0.500. The summed E-state index contributed by atoms with van der Waals surface area (Å²) >= 11 is 5.76. The Morgan fingerprint density at radius 2 is 1.52 bits per heavy atom. The van der Waals surface area contributed by atoms with Crippen LogP contribution in [0.2, 0.25) is 5.02 Å². The molecule has 0 aliphatic heterocycles. The van der Waals surface area contributed by atoms with Gasteiger partial charge in [0.1, 0.15) is 11.4 Å². The molecule has 1 aromatic rings. The molecule has 0 aromatic heterocycles. The van der Waals surface area contributed by atoms with E-state index in [0.29, 0.717) is 10.8 Å². The second-order valence-electron chi connectivity index (χ2n) is 6.62. The molecule has 0 bridgehead atoms. The summed E-state index contributed by atoms with van der Waals surface area (Å²) in [5.41, 5.74) is -0.582. The van der Waals surface area contributed by atoms with Gasteiger partial charge >= 0.3 is 6.09 Å². The van der Waals surface area contributed by atoms with Crippen LogP contribution in [0.3, 0.4) is 0 Å². The quantitative estimate of drug-likeness (QED) is 0.549. The molecule has 1 aromatic carbocycles. The first kappa shape index (κ1) is 22.6. The Morgan fingerprint density at radius 3 is 2.11 bits per heavy atom. The molecule has 150 valence electrons. The van der Waals surface area contributed by atoms with Crippen LogP contribution in [0.1, 0.15) is 27.2 Å². The third-order valence-corrected chi connectivity index (χ3v) is 3.23. The smallest absolute Gasteiger partial charge is 0.407 e. The van der Waals surface area contributed by atoms with Crippen molar-refractivity contribution in [3.8, 4) is 5.75 Å². The van der Waals surface area contributed by atoms with Crippen LogP contribution in [0.5, 0.6) is 5.75 Å². The Bertz CT molecular complexity index is 629. The van der Waals surface area contributed by atoms with Gasteiger partial charge in [-0.25, -0.2) is 4.79 Å². The number of benzene rings is 1. The molecule has 0 unspecified atom stereocenters. The minimum absolute atomic E-state index is 0.118. The van der Waals surface area contributed by atoms with Gasteiger partial charge in [0.15, 0.2) is 6.61 Å². The molecule has 0 atom stereocenters. The molecule has 0 spiro atoms. The first-order chi connectivity index (χ1) is 12.7. The summed E-state index contributed by atoms with van der Waals surface area (Å²) in [4.78, 5) is 34.7. The molecule has 0 fully saturated rings. The van der Waals surface area contributed by atoms with Crippen molar-refractivity contribution in [1.82, 2.24) is 16.0 Å². The number of carbonyl (C=O) groups is 3. The van der Waals surface area contributed by atoms with E-state index in [1.54, 1.807) is 45.0 Å². The lowest BCUT2D eigenvalue weighted by Crippen LogP contribution is -2.38. The summed E-state index contributed by atoms with van der Waals surface area (Å²) in [7, 11) is 0. The Balaban J connectivity index is 2.06. The van der Waals surface area contributed by atoms with Crippen LogP contribution in [0.4, 0.5) is 4.79 Å². The van der Waals surface area contributed by atoms with Crippen molar-refractivity contribution < 1.29 is 23.9 Å². The summed E-state index contributed by atoms with van der Waals surface area (Å²) in [5.74, 6) is 0.00357. The number of ether oxygens (including phenoxy) is 2. The highest BCUT2D eigenvalue weighted by Crippen LogP contribution is 2.15. The number of hydrogen-bond acceptors (Lipinski definition) is 5. The highest BCUT2D eigenvalue weighted by atomic mass is 35.5. The maximum absolute atomic E-state index is 11.7. The number of alkyl carbamates (subject to hydrolysis) is 1. The van der Waals surface area contributed by atoms with Crippen LogP contribution < -0.4 is 20.7 Å². The summed E-state index contributed by atoms with van der Waals surface area (Å²) < 4.78 is 10.4. The van der Waals surface area contributed by atoms with Crippen molar-refractivity contribution in [3.63, 3.8) is 0 Å². The first-order valence-electron chi connectivity index (χ1n) is 8.54. The number of hydrogen-bond donors (Lipinski definition) is 3. The maximum Gasteiger partial charge on any atom is 0.407 e. The lowest BCUT2D eigenvalue weighted by molar-refractivity contribution is -0.124. The van der Waals surface area contributed by atoms with Crippen LogP contribution in [-0.2, 0) is 14.3 Å². The fourth-order valence-corrected chi connectivity index (χ4v) is 1.94. The Labute approximate surface area is 163 Å². The van der Waals surface area contributed by atoms with Gasteiger partial charge in [0.25, 0.3) is 5.91 Å². The molecule has 0 aliphatic carbocycles. The van der Waals surface area contributed by atoms with Crippen molar-refractivity contribution >= 4 is 29.5 Å². The van der Waals surface area contributed by atoms with Crippen LogP contribution in [0.15, 0.2) is 24.3 Å². The van der Waals surface area contributed by atoms with Gasteiger partial charge in [-0.3, -0.25) is 9.59 Å². The highest BCUT2D eigenvalue weighted by Gasteiger charge is 2.15. The number of amides is 3. The molecule has 0 aliphatic rings. The topological polar surface area (TPSA) is 106 Å². The second-order valence-corrected chi connectivity index (χ2v) is 7.06. The van der Waals surface area contributed by atoms with Crippen molar-refractivity contribution in [2.24, 2.45) is 0 Å². The summed E-state index contributed by atoms with van der Waals surface area (Å²) in [5, 5.41) is 8.35. The highest BCUT2D eigenvalue weighted by molar-refractivity contribution is 6.30. The van der Waals surface area contributed by atoms with Gasteiger partial charge in [0, 0.05) is 31.1 Å². The molecular weight excluding hydrogens is 374 g/mol. The van der Waals surface area contributed by atoms with Gasteiger partial charge in [-0.15, -0.1) is 0 Å². The summed E-state index contributed by atoms with van der Waals surface area (Å²) in [6.07, 6.45) is -0.449. The number of carbonyl (C=O) groups excluding carboxylic acids is 3. The Hall–Kier alpha value is -2.48. The zero-order chi connectivity index (χ0) is 20.3. The van der Waals surface area contributed by atoms with Crippen LogP contribution in [-0.4, -0.2) is 49.7 Å². The molecule has 0 radical (unpaired) electrons. The molecule has 3 N–H and O–H groups in total. The lowest BCUT2D eigenvalue weighted by atomic mass is 10.2. The van der Waals surface area contributed by atoms with Gasteiger partial charge in [0.2, 0.25) is 5.91 Å². The Morgan fingerprint density at radius 1 is 0.926 bits per heavy atom. The molecule has 3 amide bonds. The maximum atomic E-state index is 11.7. The summed E-state index contributed by atoms with van der Waals surface area (Å²) in [6, 6.07) is 6.67. The molecule has 0 saturated heterocycles. The molecule has 8 nitrogen and oxygen atoms in total. The third-order valence-electron chi connectivity index (χ3n) is 2.97. The van der Waals surface area contributed by atoms with E-state index in [9.17, 15) is 14.4 Å². The standard InChI is InChI=1S/C18H26ClN3O5/c1-18(2,3)27-17(25)22-9-8-15(23)20-10-11-21-16(24)12-26-14-6-4-13(19)5-7-14/h4-7H,8-12H2,1-3H3,(H,20,23)(H,21,24)(H,22,25). The van der Waals surface area contributed by atoms with Crippen molar-refractivity contribution in [2.75, 3.05) is 26.2 Å². The van der Waals surface area contributed by atoms with Gasteiger partial charge in [-0.2, -0.15) is 0 Å². The molecular formula is C18H26ClN3O5. The zero-order valence-corrected chi connectivity index (χ0v) is 16.5. The molecule has 1 rings (SSSR count). The predicted octanol–water partition coefficient (Wildman–Crippen LogP) is 1.87. The monoisotopic (exact) mass is 399 g/mol. The van der Waals surface area contributed by atoms with E-state index in [2.05, 4.69) is 16.0 Å². The van der Waals surface area contributed by atoms with Crippen molar-refractivity contribution in [3.05, 3.63) is 29.3 Å². The Kier molecular flexibility index (Phi) is 9.42.